The smallest absolute Gasteiger partial charge is 0.124 e. The fourth-order valence-electron chi connectivity index (χ4n) is 1.72. The lowest BCUT2D eigenvalue weighted by Gasteiger charge is -2.06. The largest absolute Gasteiger partial charge is 0.364 e. The lowest BCUT2D eigenvalue weighted by Crippen LogP contribution is -1.83. The second-order valence-corrected chi connectivity index (χ2v) is 5.14. The van der Waals surface area contributed by atoms with Crippen LogP contribution in [-0.2, 0) is 0 Å². The Labute approximate surface area is 111 Å². The molecule has 3 aromatic rings. The predicted octanol–water partition coefficient (Wildman–Crippen LogP) is 4.83. The average Bonchev–Trinajstić information content (AvgIpc) is 3.02. The van der Waals surface area contributed by atoms with Crippen molar-refractivity contribution in [1.82, 2.24) is 5.16 Å². The summed E-state index contributed by atoms with van der Waals surface area (Å²) in [6, 6.07) is 10.1. The van der Waals surface area contributed by atoms with E-state index in [2.05, 4.69) is 44.0 Å². The Bertz CT molecular complexity index is 564. The maximum Gasteiger partial charge on any atom is 0.124 e. The molecule has 1 aromatic carbocycles. The monoisotopic (exact) mass is 305 g/mol. The molecule has 17 heavy (non-hydrogen) atoms. The van der Waals surface area contributed by atoms with E-state index in [0.29, 0.717) is 0 Å². The second-order valence-electron chi connectivity index (χ2n) is 3.56. The standard InChI is InChI=1S/C13H8BrNOS/c14-13-10(9-5-7-17-8-9)2-1-3-11(13)12-4-6-16-15-12/h1-8H. The molecule has 0 fully saturated rings. The van der Waals surface area contributed by atoms with Crippen molar-refractivity contribution >= 4 is 27.3 Å². The van der Waals surface area contributed by atoms with Gasteiger partial charge < -0.3 is 4.52 Å². The van der Waals surface area contributed by atoms with Gasteiger partial charge in [-0.1, -0.05) is 23.4 Å². The average molecular weight is 306 g/mol. The Balaban J connectivity index is 2.17. The first-order valence-electron chi connectivity index (χ1n) is 5.08. The van der Waals surface area contributed by atoms with E-state index in [0.717, 1.165) is 15.7 Å². The molecule has 0 saturated heterocycles. The van der Waals surface area contributed by atoms with E-state index >= 15 is 0 Å². The number of nitrogens with zero attached hydrogens (tertiary/aromatic N) is 1. The molecular formula is C13H8BrNOS. The first kappa shape index (κ1) is 10.7. The zero-order valence-corrected chi connectivity index (χ0v) is 11.2. The molecule has 2 heterocycles. The van der Waals surface area contributed by atoms with Crippen LogP contribution >= 0.6 is 27.3 Å². The van der Waals surface area contributed by atoms with E-state index in [1.807, 2.05) is 18.2 Å². The van der Waals surface area contributed by atoms with Crippen LogP contribution in [0.25, 0.3) is 22.4 Å². The normalized spacial score (nSPS) is 10.6. The Kier molecular flexibility index (Phi) is 2.82. The van der Waals surface area contributed by atoms with Gasteiger partial charge in [0, 0.05) is 16.1 Å². The van der Waals surface area contributed by atoms with Crippen LogP contribution < -0.4 is 0 Å². The van der Waals surface area contributed by atoms with Crippen LogP contribution in [0.1, 0.15) is 0 Å². The molecule has 0 unspecified atom stereocenters. The first-order chi connectivity index (χ1) is 8.36. The zero-order valence-electron chi connectivity index (χ0n) is 8.76. The third kappa shape index (κ3) is 1.94. The molecule has 0 radical (unpaired) electrons. The predicted molar refractivity (Wildman–Crippen MR) is 73.0 cm³/mol. The molecule has 0 saturated carbocycles. The van der Waals surface area contributed by atoms with Crippen molar-refractivity contribution in [2.75, 3.05) is 0 Å². The molecule has 0 atom stereocenters. The minimum Gasteiger partial charge on any atom is -0.364 e. The van der Waals surface area contributed by atoms with E-state index in [1.54, 1.807) is 17.6 Å². The lowest BCUT2D eigenvalue weighted by molar-refractivity contribution is 0.422. The fourth-order valence-corrected chi connectivity index (χ4v) is 3.07. The molecule has 0 bridgehead atoms. The third-order valence-corrected chi connectivity index (χ3v) is 4.08. The van der Waals surface area contributed by atoms with E-state index < -0.39 is 0 Å². The highest BCUT2D eigenvalue weighted by molar-refractivity contribution is 9.10. The van der Waals surface area contributed by atoms with Gasteiger partial charge in [-0.15, -0.1) is 0 Å². The summed E-state index contributed by atoms with van der Waals surface area (Å²) in [7, 11) is 0. The van der Waals surface area contributed by atoms with Gasteiger partial charge in [0.15, 0.2) is 0 Å². The maximum atomic E-state index is 4.89. The first-order valence-corrected chi connectivity index (χ1v) is 6.81. The van der Waals surface area contributed by atoms with Crippen molar-refractivity contribution in [3.05, 3.63) is 51.8 Å². The van der Waals surface area contributed by atoms with Crippen LogP contribution in [-0.4, -0.2) is 5.16 Å². The van der Waals surface area contributed by atoms with Gasteiger partial charge in [-0.3, -0.25) is 0 Å². The summed E-state index contributed by atoms with van der Waals surface area (Å²) >= 11 is 5.34. The summed E-state index contributed by atoms with van der Waals surface area (Å²) in [5.41, 5.74) is 4.27. The Morgan fingerprint density at radius 3 is 2.71 bits per heavy atom. The highest BCUT2D eigenvalue weighted by Crippen LogP contribution is 2.36. The molecule has 0 aliphatic carbocycles. The molecule has 0 aliphatic rings. The minimum absolute atomic E-state index is 0.842. The van der Waals surface area contributed by atoms with Crippen LogP contribution in [0.15, 0.2) is 56.4 Å². The zero-order chi connectivity index (χ0) is 11.7. The van der Waals surface area contributed by atoms with Crippen LogP contribution in [0.2, 0.25) is 0 Å². The molecule has 2 aromatic heterocycles. The van der Waals surface area contributed by atoms with Gasteiger partial charge in [0.05, 0.1) is 0 Å². The van der Waals surface area contributed by atoms with Gasteiger partial charge in [0.2, 0.25) is 0 Å². The van der Waals surface area contributed by atoms with Crippen molar-refractivity contribution in [1.29, 1.82) is 0 Å². The van der Waals surface area contributed by atoms with Crippen molar-refractivity contribution in [3.8, 4) is 22.4 Å². The van der Waals surface area contributed by atoms with Gasteiger partial charge >= 0.3 is 0 Å². The number of halogens is 1. The number of hydrogen-bond acceptors (Lipinski definition) is 3. The van der Waals surface area contributed by atoms with Crippen molar-refractivity contribution in [3.63, 3.8) is 0 Å². The van der Waals surface area contributed by atoms with Gasteiger partial charge in [0.25, 0.3) is 0 Å². The number of benzene rings is 1. The van der Waals surface area contributed by atoms with E-state index in [4.69, 9.17) is 4.52 Å². The Morgan fingerprint density at radius 1 is 1.12 bits per heavy atom. The summed E-state index contributed by atoms with van der Waals surface area (Å²) in [5, 5.41) is 8.17. The second kappa shape index (κ2) is 4.47. The number of aromatic nitrogens is 1. The van der Waals surface area contributed by atoms with Crippen LogP contribution in [0.4, 0.5) is 0 Å². The minimum atomic E-state index is 0.842. The third-order valence-electron chi connectivity index (χ3n) is 2.54. The van der Waals surface area contributed by atoms with Crippen LogP contribution in [0, 0.1) is 0 Å². The molecule has 0 N–H and O–H groups in total. The number of thiophene rings is 1. The van der Waals surface area contributed by atoms with Gasteiger partial charge in [0.1, 0.15) is 12.0 Å². The van der Waals surface area contributed by atoms with Crippen LogP contribution in [0.3, 0.4) is 0 Å². The van der Waals surface area contributed by atoms with E-state index in [1.165, 1.54) is 11.1 Å². The fraction of sp³-hybridized carbons (Fsp3) is 0. The lowest BCUT2D eigenvalue weighted by atomic mass is 10.0. The summed E-state index contributed by atoms with van der Waals surface area (Å²) in [5.74, 6) is 0. The molecule has 4 heteroatoms. The highest BCUT2D eigenvalue weighted by Gasteiger charge is 2.11. The van der Waals surface area contributed by atoms with Gasteiger partial charge in [-0.2, -0.15) is 11.3 Å². The molecule has 84 valence electrons. The maximum absolute atomic E-state index is 4.89. The van der Waals surface area contributed by atoms with Crippen molar-refractivity contribution < 1.29 is 4.52 Å². The molecular weight excluding hydrogens is 298 g/mol. The Morgan fingerprint density at radius 2 is 2.00 bits per heavy atom. The van der Waals surface area contributed by atoms with E-state index in [-0.39, 0.29) is 0 Å². The van der Waals surface area contributed by atoms with E-state index in [9.17, 15) is 0 Å². The topological polar surface area (TPSA) is 26.0 Å². The molecule has 0 aliphatic heterocycles. The quantitative estimate of drug-likeness (QED) is 0.677. The Hall–Kier alpha value is -1.39. The molecule has 0 spiro atoms. The summed E-state index contributed by atoms with van der Waals surface area (Å²) in [4.78, 5) is 0. The van der Waals surface area contributed by atoms with Crippen molar-refractivity contribution in [2.24, 2.45) is 0 Å². The summed E-state index contributed by atoms with van der Waals surface area (Å²) < 4.78 is 5.93. The van der Waals surface area contributed by atoms with Crippen molar-refractivity contribution in [2.45, 2.75) is 0 Å². The molecule has 2 nitrogen and oxygen atoms in total. The van der Waals surface area contributed by atoms with Gasteiger partial charge in [-0.05, 0) is 43.9 Å². The van der Waals surface area contributed by atoms with Gasteiger partial charge in [-0.25, -0.2) is 0 Å². The van der Waals surface area contributed by atoms with Crippen LogP contribution in [0.5, 0.6) is 0 Å². The molecule has 3 rings (SSSR count). The number of rotatable bonds is 2. The highest BCUT2D eigenvalue weighted by atomic mass is 79.9. The summed E-state index contributed by atoms with van der Waals surface area (Å²) in [6.07, 6.45) is 1.58. The SMILES string of the molecule is Brc1c(-c2ccsc2)cccc1-c1ccon1. The summed E-state index contributed by atoms with van der Waals surface area (Å²) in [6.45, 7) is 0. The molecule has 0 amide bonds. The number of hydrogen-bond donors (Lipinski definition) is 0.